The summed E-state index contributed by atoms with van der Waals surface area (Å²) in [5.41, 5.74) is 9.99. The van der Waals surface area contributed by atoms with Gasteiger partial charge in [0, 0.05) is 10.8 Å². The number of hydrogen-bond donors (Lipinski definition) is 0. The Hall–Kier alpha value is -3.38. The van der Waals surface area contributed by atoms with Gasteiger partial charge in [-0.25, -0.2) is 19.9 Å². The first-order valence-electron chi connectivity index (χ1n) is 10.6. The van der Waals surface area contributed by atoms with E-state index in [1.165, 1.54) is 10.8 Å². The number of rotatable bonds is 1. The fraction of sp³-hybridized carbons (Fsp3) is 0.154. The molecule has 3 aromatic heterocycles. The molecule has 32 heavy (non-hydrogen) atoms. The molecule has 0 N–H and O–H groups in total. The maximum absolute atomic E-state index is 5.03. The minimum atomic E-state index is 0.801. The first-order valence-corrected chi connectivity index (χ1v) is 11.3. The lowest BCUT2D eigenvalue weighted by molar-refractivity contribution is 1.06. The lowest BCUT2D eigenvalue weighted by atomic mass is 10.1. The van der Waals surface area contributed by atoms with Gasteiger partial charge < -0.3 is 4.57 Å². The molecule has 0 aliphatic carbocycles. The molecule has 156 valence electrons. The summed E-state index contributed by atoms with van der Waals surface area (Å²) in [5, 5.41) is 2.39. The van der Waals surface area contributed by atoms with E-state index in [-0.39, 0.29) is 0 Å². The van der Waals surface area contributed by atoms with Crippen molar-refractivity contribution < 1.29 is 0 Å². The zero-order valence-electron chi connectivity index (χ0n) is 18.2. The van der Waals surface area contributed by atoms with Crippen molar-refractivity contribution in [1.82, 2.24) is 24.5 Å². The molecule has 3 heterocycles. The molecule has 3 aromatic carbocycles. The van der Waals surface area contributed by atoms with Gasteiger partial charge in [-0.05, 0) is 55.8 Å². The zero-order chi connectivity index (χ0) is 22.1. The van der Waals surface area contributed by atoms with Gasteiger partial charge in [-0.15, -0.1) is 0 Å². The summed E-state index contributed by atoms with van der Waals surface area (Å²) in [7, 11) is 0. The first kappa shape index (κ1) is 19.3. The Balaban J connectivity index is 1.96. The maximum atomic E-state index is 5.03. The van der Waals surface area contributed by atoms with E-state index in [4.69, 9.17) is 19.9 Å². The second-order valence-electron chi connectivity index (χ2n) is 8.22. The van der Waals surface area contributed by atoms with Crippen LogP contribution in [0.25, 0.3) is 49.6 Å². The lowest BCUT2D eigenvalue weighted by Crippen LogP contribution is -2.06. The normalized spacial score (nSPS) is 11.9. The Morgan fingerprint density at radius 1 is 0.562 bits per heavy atom. The van der Waals surface area contributed by atoms with Crippen molar-refractivity contribution in [3.63, 3.8) is 0 Å². The fourth-order valence-corrected chi connectivity index (χ4v) is 4.99. The van der Waals surface area contributed by atoms with Gasteiger partial charge in [0.25, 0.3) is 0 Å². The van der Waals surface area contributed by atoms with E-state index >= 15 is 0 Å². The van der Waals surface area contributed by atoms with Gasteiger partial charge in [0.1, 0.15) is 27.8 Å². The highest BCUT2D eigenvalue weighted by molar-refractivity contribution is 9.10. The van der Waals surface area contributed by atoms with Crippen molar-refractivity contribution in [3.8, 4) is 5.69 Å². The molecule has 0 amide bonds. The van der Waals surface area contributed by atoms with Crippen molar-refractivity contribution in [2.45, 2.75) is 27.7 Å². The van der Waals surface area contributed by atoms with Crippen LogP contribution in [0.15, 0.2) is 53.0 Å². The van der Waals surface area contributed by atoms with Gasteiger partial charge in [0.05, 0.1) is 38.3 Å². The van der Waals surface area contributed by atoms with Crippen LogP contribution in [0.3, 0.4) is 0 Å². The number of halogens is 1. The molecule has 0 bridgehead atoms. The molecule has 5 nitrogen and oxygen atoms in total. The van der Waals surface area contributed by atoms with Crippen LogP contribution in [0.5, 0.6) is 0 Å². The molecular formula is C26H20BrN5. The third-order valence-electron chi connectivity index (χ3n) is 6.28. The Kier molecular flexibility index (Phi) is 4.11. The monoisotopic (exact) mass is 481 g/mol. The molecule has 0 aliphatic rings. The average molecular weight is 482 g/mol. The second kappa shape index (κ2) is 6.81. The molecule has 6 aromatic rings. The fourth-order valence-electron chi connectivity index (χ4n) is 4.44. The van der Waals surface area contributed by atoms with Gasteiger partial charge >= 0.3 is 0 Å². The SMILES string of the molecule is Cc1nc2c(Br)c3nc(C)c(C)nc3c(-n3c4ccccc4c4ccccc43)c2nc1C. The van der Waals surface area contributed by atoms with Crippen molar-refractivity contribution >= 4 is 59.8 Å². The molecule has 0 saturated heterocycles. The average Bonchev–Trinajstić information content (AvgIpc) is 3.12. The predicted molar refractivity (Wildman–Crippen MR) is 134 cm³/mol. The molecule has 0 spiro atoms. The summed E-state index contributed by atoms with van der Waals surface area (Å²) in [6.45, 7) is 7.98. The van der Waals surface area contributed by atoms with Crippen LogP contribution in [0, 0.1) is 27.7 Å². The van der Waals surface area contributed by atoms with E-state index in [0.29, 0.717) is 0 Å². The summed E-state index contributed by atoms with van der Waals surface area (Å²) in [4.78, 5) is 19.9. The molecule has 0 fully saturated rings. The van der Waals surface area contributed by atoms with Gasteiger partial charge in [-0.1, -0.05) is 36.4 Å². The van der Waals surface area contributed by atoms with Crippen molar-refractivity contribution in [2.24, 2.45) is 0 Å². The molecular weight excluding hydrogens is 462 g/mol. The summed E-state index contributed by atoms with van der Waals surface area (Å²) in [6.07, 6.45) is 0. The summed E-state index contributed by atoms with van der Waals surface area (Å²) < 4.78 is 3.10. The van der Waals surface area contributed by atoms with E-state index in [2.05, 4.69) is 69.0 Å². The standard InChI is InChI=1S/C26H20BrN5/c1-13-15(3)30-24-22(28-13)21(27)23-25(31-16(4)14(2)29-23)26(24)32-19-11-7-5-9-17(19)18-10-6-8-12-20(18)32/h5-12H,1-4H3. The Morgan fingerprint density at radius 3 is 1.38 bits per heavy atom. The Morgan fingerprint density at radius 2 is 0.938 bits per heavy atom. The smallest absolute Gasteiger partial charge is 0.117 e. The van der Waals surface area contributed by atoms with Crippen LogP contribution in [0.1, 0.15) is 22.8 Å². The van der Waals surface area contributed by atoms with Crippen LogP contribution in [0.2, 0.25) is 0 Å². The number of aryl methyl sites for hydroxylation is 4. The van der Waals surface area contributed by atoms with Crippen molar-refractivity contribution in [3.05, 3.63) is 75.8 Å². The summed E-state index contributed by atoms with van der Waals surface area (Å²) >= 11 is 3.78. The van der Waals surface area contributed by atoms with Crippen LogP contribution < -0.4 is 0 Å². The lowest BCUT2D eigenvalue weighted by Gasteiger charge is -2.16. The van der Waals surface area contributed by atoms with E-state index in [1.807, 2.05) is 27.7 Å². The van der Waals surface area contributed by atoms with Gasteiger partial charge in [-0.3, -0.25) is 0 Å². The van der Waals surface area contributed by atoms with E-state index < -0.39 is 0 Å². The van der Waals surface area contributed by atoms with Crippen LogP contribution in [-0.4, -0.2) is 24.5 Å². The van der Waals surface area contributed by atoms with Gasteiger partial charge in [0.15, 0.2) is 0 Å². The third-order valence-corrected chi connectivity index (χ3v) is 7.03. The highest BCUT2D eigenvalue weighted by Crippen LogP contribution is 2.40. The minimum Gasteiger partial charge on any atom is -0.305 e. The number of aromatic nitrogens is 5. The summed E-state index contributed by atoms with van der Waals surface area (Å²) in [5.74, 6) is 0. The van der Waals surface area contributed by atoms with E-state index in [9.17, 15) is 0 Å². The number of para-hydroxylation sites is 2. The first-order chi connectivity index (χ1) is 15.5. The largest absolute Gasteiger partial charge is 0.305 e. The molecule has 0 aliphatic heterocycles. The number of hydrogen-bond acceptors (Lipinski definition) is 4. The molecule has 0 saturated carbocycles. The highest BCUT2D eigenvalue weighted by atomic mass is 79.9. The Bertz CT molecular complexity index is 1610. The quantitative estimate of drug-likeness (QED) is 0.246. The highest BCUT2D eigenvalue weighted by Gasteiger charge is 2.23. The van der Waals surface area contributed by atoms with Crippen LogP contribution in [-0.2, 0) is 0 Å². The van der Waals surface area contributed by atoms with Gasteiger partial charge in [-0.2, -0.15) is 0 Å². The second-order valence-corrected chi connectivity index (χ2v) is 9.01. The van der Waals surface area contributed by atoms with Gasteiger partial charge in [0.2, 0.25) is 0 Å². The Labute approximate surface area is 193 Å². The number of fused-ring (bicyclic) bond motifs is 5. The predicted octanol–water partition coefficient (Wildman–Crippen LogP) is 6.67. The third kappa shape index (κ3) is 2.56. The minimum absolute atomic E-state index is 0.801. The molecule has 6 rings (SSSR count). The van der Waals surface area contributed by atoms with Crippen LogP contribution in [0.4, 0.5) is 0 Å². The molecule has 0 unspecified atom stereocenters. The van der Waals surface area contributed by atoms with Crippen molar-refractivity contribution in [1.29, 1.82) is 0 Å². The number of nitrogens with zero attached hydrogens (tertiary/aromatic N) is 5. The molecule has 0 radical (unpaired) electrons. The number of benzene rings is 3. The maximum Gasteiger partial charge on any atom is 0.117 e. The van der Waals surface area contributed by atoms with Crippen molar-refractivity contribution in [2.75, 3.05) is 0 Å². The van der Waals surface area contributed by atoms with Crippen LogP contribution >= 0.6 is 15.9 Å². The summed E-state index contributed by atoms with van der Waals surface area (Å²) in [6, 6.07) is 16.9. The zero-order valence-corrected chi connectivity index (χ0v) is 19.8. The topological polar surface area (TPSA) is 56.5 Å². The molecule has 0 atom stereocenters. The van der Waals surface area contributed by atoms with E-state index in [1.54, 1.807) is 0 Å². The molecule has 6 heteroatoms. The van der Waals surface area contributed by atoms with E-state index in [0.717, 1.165) is 66.0 Å².